The SMILES string of the molecule is CN(Cc1csc(-c2ccccc2Cl)n1)Cc1nc2ccccc2c(=O)[nH]1. The van der Waals surface area contributed by atoms with Crippen LogP contribution in [0.3, 0.4) is 0 Å². The van der Waals surface area contributed by atoms with Crippen LogP contribution < -0.4 is 5.56 Å². The molecule has 0 spiro atoms. The van der Waals surface area contributed by atoms with Gasteiger partial charge in [0.05, 0.1) is 28.2 Å². The van der Waals surface area contributed by atoms with Gasteiger partial charge in [0.1, 0.15) is 10.8 Å². The molecule has 2 aromatic carbocycles. The molecule has 0 aliphatic heterocycles. The molecule has 4 rings (SSSR count). The first-order chi connectivity index (χ1) is 13.1. The number of benzene rings is 2. The summed E-state index contributed by atoms with van der Waals surface area (Å²) >= 11 is 7.83. The molecule has 0 saturated carbocycles. The Morgan fingerprint density at radius 1 is 1.07 bits per heavy atom. The molecular weight excluding hydrogens is 380 g/mol. The molecule has 2 aromatic heterocycles. The monoisotopic (exact) mass is 396 g/mol. The summed E-state index contributed by atoms with van der Waals surface area (Å²) in [7, 11) is 1.98. The summed E-state index contributed by atoms with van der Waals surface area (Å²) in [6, 6.07) is 15.0. The lowest BCUT2D eigenvalue weighted by Crippen LogP contribution is -2.22. The van der Waals surface area contributed by atoms with Crippen molar-refractivity contribution in [2.75, 3.05) is 7.05 Å². The van der Waals surface area contributed by atoms with Gasteiger partial charge in [-0.3, -0.25) is 9.69 Å². The average molecular weight is 397 g/mol. The summed E-state index contributed by atoms with van der Waals surface area (Å²) < 4.78 is 0. The minimum atomic E-state index is -0.112. The minimum absolute atomic E-state index is 0.112. The van der Waals surface area contributed by atoms with Gasteiger partial charge in [0.15, 0.2) is 0 Å². The van der Waals surface area contributed by atoms with Gasteiger partial charge in [0.2, 0.25) is 0 Å². The Hall–Kier alpha value is -2.54. The van der Waals surface area contributed by atoms with Gasteiger partial charge >= 0.3 is 0 Å². The Labute approximate surface area is 165 Å². The zero-order valence-corrected chi connectivity index (χ0v) is 16.2. The van der Waals surface area contributed by atoms with Gasteiger partial charge in [-0.2, -0.15) is 0 Å². The molecule has 0 amide bonds. The number of fused-ring (bicyclic) bond motifs is 1. The molecule has 0 aliphatic rings. The largest absolute Gasteiger partial charge is 0.309 e. The highest BCUT2D eigenvalue weighted by molar-refractivity contribution is 7.13. The van der Waals surface area contributed by atoms with Crippen LogP contribution in [0.15, 0.2) is 58.7 Å². The number of halogens is 1. The Morgan fingerprint density at radius 3 is 2.70 bits per heavy atom. The molecule has 1 N–H and O–H groups in total. The van der Waals surface area contributed by atoms with E-state index in [2.05, 4.69) is 14.9 Å². The summed E-state index contributed by atoms with van der Waals surface area (Å²) in [5.74, 6) is 0.641. The van der Waals surface area contributed by atoms with E-state index in [4.69, 9.17) is 16.6 Å². The predicted molar refractivity (Wildman–Crippen MR) is 110 cm³/mol. The van der Waals surface area contributed by atoms with Crippen molar-refractivity contribution in [3.8, 4) is 10.6 Å². The fourth-order valence-corrected chi connectivity index (χ4v) is 4.07. The second-order valence-corrected chi connectivity index (χ2v) is 7.59. The van der Waals surface area contributed by atoms with Crippen LogP contribution in [0.1, 0.15) is 11.5 Å². The molecule has 0 saturated heterocycles. The van der Waals surface area contributed by atoms with E-state index >= 15 is 0 Å². The van der Waals surface area contributed by atoms with Crippen molar-refractivity contribution >= 4 is 33.8 Å². The zero-order chi connectivity index (χ0) is 18.8. The fraction of sp³-hybridized carbons (Fsp3) is 0.150. The standard InChI is InChI=1S/C20H17ClN4OS/c1-25(11-18-23-17-9-5-3-7-15(17)19(26)24-18)10-13-12-27-20(22-13)14-6-2-4-8-16(14)21/h2-9,12H,10-11H2,1H3,(H,23,24,26). The van der Waals surface area contributed by atoms with Gasteiger partial charge < -0.3 is 4.98 Å². The van der Waals surface area contributed by atoms with Gasteiger partial charge in [-0.1, -0.05) is 41.9 Å². The molecule has 0 fully saturated rings. The maximum atomic E-state index is 12.2. The molecule has 0 unspecified atom stereocenters. The zero-order valence-electron chi connectivity index (χ0n) is 14.6. The third-order valence-electron chi connectivity index (χ3n) is 4.17. The smallest absolute Gasteiger partial charge is 0.258 e. The van der Waals surface area contributed by atoms with Crippen molar-refractivity contribution in [1.29, 1.82) is 0 Å². The summed E-state index contributed by atoms with van der Waals surface area (Å²) in [6.07, 6.45) is 0. The highest BCUT2D eigenvalue weighted by Crippen LogP contribution is 2.30. The van der Waals surface area contributed by atoms with Crippen LogP contribution in [-0.4, -0.2) is 26.9 Å². The van der Waals surface area contributed by atoms with Crippen LogP contribution >= 0.6 is 22.9 Å². The van der Waals surface area contributed by atoms with E-state index in [1.165, 1.54) is 0 Å². The van der Waals surface area contributed by atoms with Gasteiger partial charge in [0.25, 0.3) is 5.56 Å². The third kappa shape index (κ3) is 3.93. The van der Waals surface area contributed by atoms with E-state index in [1.807, 2.05) is 54.9 Å². The highest BCUT2D eigenvalue weighted by atomic mass is 35.5. The quantitative estimate of drug-likeness (QED) is 0.545. The van der Waals surface area contributed by atoms with Crippen LogP contribution in [0.5, 0.6) is 0 Å². The van der Waals surface area contributed by atoms with E-state index in [9.17, 15) is 4.79 Å². The number of aromatic amines is 1. The topological polar surface area (TPSA) is 61.9 Å². The number of aromatic nitrogens is 3. The first-order valence-electron chi connectivity index (χ1n) is 8.46. The second kappa shape index (κ2) is 7.60. The van der Waals surface area contributed by atoms with Gasteiger partial charge in [-0.25, -0.2) is 9.97 Å². The number of para-hydroxylation sites is 1. The van der Waals surface area contributed by atoms with Crippen molar-refractivity contribution < 1.29 is 0 Å². The Kier molecular flexibility index (Phi) is 5.03. The van der Waals surface area contributed by atoms with E-state index in [-0.39, 0.29) is 5.56 Å². The number of hydrogen-bond acceptors (Lipinski definition) is 5. The van der Waals surface area contributed by atoms with Crippen LogP contribution in [0, 0.1) is 0 Å². The molecule has 4 aromatic rings. The van der Waals surface area contributed by atoms with E-state index in [0.29, 0.717) is 34.8 Å². The van der Waals surface area contributed by atoms with Gasteiger partial charge in [0, 0.05) is 17.5 Å². The van der Waals surface area contributed by atoms with Crippen molar-refractivity contribution in [3.05, 3.63) is 80.8 Å². The van der Waals surface area contributed by atoms with E-state index < -0.39 is 0 Å². The maximum Gasteiger partial charge on any atom is 0.258 e. The van der Waals surface area contributed by atoms with Crippen molar-refractivity contribution in [3.63, 3.8) is 0 Å². The molecule has 2 heterocycles. The highest BCUT2D eigenvalue weighted by Gasteiger charge is 2.11. The van der Waals surface area contributed by atoms with Crippen molar-refractivity contribution in [2.24, 2.45) is 0 Å². The lowest BCUT2D eigenvalue weighted by atomic mass is 10.2. The second-order valence-electron chi connectivity index (χ2n) is 6.33. The molecule has 7 heteroatoms. The number of nitrogens with one attached hydrogen (secondary N) is 1. The van der Waals surface area contributed by atoms with E-state index in [1.54, 1.807) is 17.4 Å². The molecule has 0 radical (unpaired) electrons. The lowest BCUT2D eigenvalue weighted by Gasteiger charge is -2.14. The summed E-state index contributed by atoms with van der Waals surface area (Å²) in [6.45, 7) is 1.18. The van der Waals surface area contributed by atoms with Crippen molar-refractivity contribution in [2.45, 2.75) is 13.1 Å². The number of hydrogen-bond donors (Lipinski definition) is 1. The number of thiazole rings is 1. The molecule has 136 valence electrons. The normalized spacial score (nSPS) is 11.4. The fourth-order valence-electron chi connectivity index (χ4n) is 2.94. The van der Waals surface area contributed by atoms with Crippen LogP contribution in [0.2, 0.25) is 5.02 Å². The van der Waals surface area contributed by atoms with Crippen LogP contribution in [-0.2, 0) is 13.1 Å². The maximum absolute atomic E-state index is 12.2. The average Bonchev–Trinajstić information content (AvgIpc) is 3.10. The first kappa shape index (κ1) is 17.9. The van der Waals surface area contributed by atoms with Crippen LogP contribution in [0.25, 0.3) is 21.5 Å². The molecular formula is C20H17ClN4OS. The molecule has 27 heavy (non-hydrogen) atoms. The van der Waals surface area contributed by atoms with Gasteiger partial charge in [-0.15, -0.1) is 11.3 Å². The Bertz CT molecular complexity index is 1150. The third-order valence-corrected chi connectivity index (χ3v) is 5.42. The molecule has 5 nitrogen and oxygen atoms in total. The summed E-state index contributed by atoms with van der Waals surface area (Å²) in [5, 5.41) is 4.24. The molecule has 0 bridgehead atoms. The van der Waals surface area contributed by atoms with Gasteiger partial charge in [-0.05, 0) is 25.2 Å². The number of H-pyrrole nitrogens is 1. The summed E-state index contributed by atoms with van der Waals surface area (Å²) in [4.78, 5) is 26.4. The Balaban J connectivity index is 1.50. The lowest BCUT2D eigenvalue weighted by molar-refractivity contribution is 0.307. The first-order valence-corrected chi connectivity index (χ1v) is 9.72. The minimum Gasteiger partial charge on any atom is -0.309 e. The molecule has 0 aliphatic carbocycles. The molecule has 0 atom stereocenters. The Morgan fingerprint density at radius 2 is 1.85 bits per heavy atom. The van der Waals surface area contributed by atoms with E-state index in [0.717, 1.165) is 16.3 Å². The van der Waals surface area contributed by atoms with Crippen molar-refractivity contribution in [1.82, 2.24) is 19.9 Å². The summed E-state index contributed by atoms with van der Waals surface area (Å²) in [5.41, 5.74) is 2.50. The number of rotatable bonds is 5. The van der Waals surface area contributed by atoms with Crippen LogP contribution in [0.4, 0.5) is 0 Å². The number of nitrogens with zero attached hydrogens (tertiary/aromatic N) is 3. The predicted octanol–water partition coefficient (Wildman–Crippen LogP) is 4.33.